The molecule has 0 N–H and O–H groups in total. The molecule has 164 valence electrons. The number of nitriles is 1. The third-order valence-corrected chi connectivity index (χ3v) is 5.95. The molecule has 7 nitrogen and oxygen atoms in total. The van der Waals surface area contributed by atoms with Gasteiger partial charge in [-0.2, -0.15) is 15.5 Å². The van der Waals surface area contributed by atoms with Gasteiger partial charge in [-0.05, 0) is 17.7 Å². The second kappa shape index (κ2) is 7.60. The fourth-order valence-corrected chi connectivity index (χ4v) is 4.42. The van der Waals surface area contributed by atoms with Crippen LogP contribution in [0.4, 0.5) is 0 Å². The van der Waals surface area contributed by atoms with E-state index < -0.39 is 17.8 Å². The number of hydrazone groups is 2. The van der Waals surface area contributed by atoms with Crippen LogP contribution in [-0.2, 0) is 9.59 Å². The quantitative estimate of drug-likeness (QED) is 0.746. The SMILES string of the molecule is CN1N=C(C(C)(C)C)C(C(c2ccc(C#N)cc2)C2C(=O)N(C)N=C2C(C)(C)C)C1=O. The van der Waals surface area contributed by atoms with Crippen LogP contribution in [0.5, 0.6) is 0 Å². The number of nitrogens with zero attached hydrogens (tertiary/aromatic N) is 5. The number of amides is 2. The van der Waals surface area contributed by atoms with Gasteiger partial charge in [0, 0.05) is 30.8 Å². The average molecular weight is 422 g/mol. The van der Waals surface area contributed by atoms with Crippen LogP contribution in [0.1, 0.15) is 58.6 Å². The van der Waals surface area contributed by atoms with Gasteiger partial charge in [-0.15, -0.1) is 0 Å². The molecule has 2 atom stereocenters. The van der Waals surface area contributed by atoms with Gasteiger partial charge >= 0.3 is 0 Å². The van der Waals surface area contributed by atoms with Gasteiger partial charge in [-0.25, -0.2) is 10.0 Å². The van der Waals surface area contributed by atoms with E-state index in [1.54, 1.807) is 26.2 Å². The van der Waals surface area contributed by atoms with Gasteiger partial charge in [0.15, 0.2) is 0 Å². The van der Waals surface area contributed by atoms with Crippen LogP contribution >= 0.6 is 0 Å². The Kier molecular flexibility index (Phi) is 5.56. The Balaban J connectivity index is 2.24. The van der Waals surface area contributed by atoms with E-state index in [-0.39, 0.29) is 22.6 Å². The second-order valence-electron chi connectivity index (χ2n) is 10.4. The minimum absolute atomic E-state index is 0.130. The number of carbonyl (C=O) groups excluding carboxylic acids is 2. The van der Waals surface area contributed by atoms with Gasteiger partial charge < -0.3 is 0 Å². The molecular weight excluding hydrogens is 390 g/mol. The number of hydrogen-bond acceptors (Lipinski definition) is 5. The van der Waals surface area contributed by atoms with Crippen LogP contribution < -0.4 is 0 Å². The zero-order valence-electron chi connectivity index (χ0n) is 19.6. The Bertz CT molecular complexity index is 948. The first-order valence-corrected chi connectivity index (χ1v) is 10.5. The van der Waals surface area contributed by atoms with Crippen molar-refractivity contribution < 1.29 is 9.59 Å². The van der Waals surface area contributed by atoms with E-state index in [1.165, 1.54) is 10.0 Å². The fourth-order valence-electron chi connectivity index (χ4n) is 4.42. The molecule has 0 radical (unpaired) electrons. The van der Waals surface area contributed by atoms with Crippen LogP contribution in [0.3, 0.4) is 0 Å². The highest BCUT2D eigenvalue weighted by atomic mass is 16.2. The zero-order chi connectivity index (χ0) is 23.3. The van der Waals surface area contributed by atoms with Crippen LogP contribution in [0.2, 0.25) is 0 Å². The summed E-state index contributed by atoms with van der Waals surface area (Å²) in [6.07, 6.45) is 0. The van der Waals surface area contributed by atoms with E-state index in [0.717, 1.165) is 17.0 Å². The van der Waals surface area contributed by atoms with E-state index in [9.17, 15) is 14.9 Å². The van der Waals surface area contributed by atoms with Gasteiger partial charge in [0.05, 0.1) is 34.9 Å². The summed E-state index contributed by atoms with van der Waals surface area (Å²) in [5.41, 5.74) is 2.15. The molecule has 3 rings (SSSR count). The fraction of sp³-hybridized carbons (Fsp3) is 0.542. The normalized spacial score (nSPS) is 23.1. The Labute approximate surface area is 184 Å². The largest absolute Gasteiger partial charge is 0.272 e. The third-order valence-electron chi connectivity index (χ3n) is 5.95. The van der Waals surface area contributed by atoms with Gasteiger partial charge in [0.2, 0.25) is 0 Å². The van der Waals surface area contributed by atoms with Crippen LogP contribution in [0, 0.1) is 34.0 Å². The Morgan fingerprint density at radius 2 is 1.23 bits per heavy atom. The summed E-state index contributed by atoms with van der Waals surface area (Å²) in [5.74, 6) is -1.92. The van der Waals surface area contributed by atoms with Crippen molar-refractivity contribution in [2.24, 2.45) is 32.9 Å². The molecule has 31 heavy (non-hydrogen) atoms. The summed E-state index contributed by atoms with van der Waals surface area (Å²) in [4.78, 5) is 26.8. The van der Waals surface area contributed by atoms with Crippen LogP contribution in [0.25, 0.3) is 0 Å². The molecule has 1 aromatic rings. The Morgan fingerprint density at radius 1 is 0.839 bits per heavy atom. The summed E-state index contributed by atoms with van der Waals surface area (Å²) in [6, 6.07) is 9.29. The average Bonchev–Trinajstić information content (AvgIpc) is 3.14. The van der Waals surface area contributed by atoms with Crippen LogP contribution in [-0.4, -0.2) is 47.4 Å². The second-order valence-corrected chi connectivity index (χ2v) is 10.4. The lowest BCUT2D eigenvalue weighted by molar-refractivity contribution is -0.133. The van der Waals surface area contributed by atoms with Crippen molar-refractivity contribution in [2.75, 3.05) is 14.1 Å². The summed E-state index contributed by atoms with van der Waals surface area (Å²) < 4.78 is 0. The van der Waals surface area contributed by atoms with E-state index in [1.807, 2.05) is 53.7 Å². The molecular formula is C24H31N5O2. The standard InChI is InChI=1S/C24H31N5O2/c1-23(2,3)19-17(21(30)28(7)26-19)16(15-11-9-14(13-25)10-12-15)18-20(24(4,5)6)27-29(8)22(18)31/h9-12,16-18H,1-8H3. The minimum atomic E-state index is -0.592. The summed E-state index contributed by atoms with van der Waals surface area (Å²) in [6.45, 7) is 12.2. The van der Waals surface area contributed by atoms with E-state index in [2.05, 4.69) is 16.3 Å². The van der Waals surface area contributed by atoms with Crippen molar-refractivity contribution in [1.29, 1.82) is 5.26 Å². The molecule has 0 aliphatic carbocycles. The van der Waals surface area contributed by atoms with Gasteiger partial charge in [-0.1, -0.05) is 53.7 Å². The molecule has 0 fully saturated rings. The van der Waals surface area contributed by atoms with Crippen molar-refractivity contribution in [1.82, 2.24) is 10.0 Å². The molecule has 2 unspecified atom stereocenters. The Hall–Kier alpha value is -3.01. The van der Waals surface area contributed by atoms with Gasteiger partial charge in [0.1, 0.15) is 0 Å². The molecule has 7 heteroatoms. The lowest BCUT2D eigenvalue weighted by atomic mass is 9.65. The molecule has 0 bridgehead atoms. The van der Waals surface area contributed by atoms with Gasteiger partial charge in [-0.3, -0.25) is 9.59 Å². The summed E-state index contributed by atoms with van der Waals surface area (Å²) in [7, 11) is 3.32. The molecule has 2 aliphatic heterocycles. The lowest BCUT2D eigenvalue weighted by Gasteiger charge is -2.34. The predicted octanol–water partition coefficient (Wildman–Crippen LogP) is 3.62. The van der Waals surface area contributed by atoms with Crippen molar-refractivity contribution >= 4 is 23.2 Å². The Morgan fingerprint density at radius 3 is 1.55 bits per heavy atom. The summed E-state index contributed by atoms with van der Waals surface area (Å²) >= 11 is 0. The first-order valence-electron chi connectivity index (χ1n) is 10.5. The first-order chi connectivity index (χ1) is 14.3. The number of rotatable bonds is 3. The molecule has 1 aromatic carbocycles. The zero-order valence-corrected chi connectivity index (χ0v) is 19.6. The van der Waals surface area contributed by atoms with Crippen molar-refractivity contribution in [2.45, 2.75) is 47.5 Å². The van der Waals surface area contributed by atoms with E-state index in [4.69, 9.17) is 0 Å². The highest BCUT2D eigenvalue weighted by Gasteiger charge is 2.53. The molecule has 0 spiro atoms. The van der Waals surface area contributed by atoms with Crippen LogP contribution in [0.15, 0.2) is 34.5 Å². The molecule has 0 aromatic heterocycles. The minimum Gasteiger partial charge on any atom is -0.272 e. The van der Waals surface area contributed by atoms with Gasteiger partial charge in [0.25, 0.3) is 11.8 Å². The number of hydrogen-bond donors (Lipinski definition) is 0. The van der Waals surface area contributed by atoms with Crippen molar-refractivity contribution in [3.63, 3.8) is 0 Å². The first kappa shape index (κ1) is 22.7. The smallest absolute Gasteiger partial charge is 0.251 e. The topological polar surface area (TPSA) is 89.1 Å². The maximum Gasteiger partial charge on any atom is 0.251 e. The lowest BCUT2D eigenvalue weighted by Crippen LogP contribution is -2.44. The number of carbonyl (C=O) groups is 2. The monoisotopic (exact) mass is 421 g/mol. The van der Waals surface area contributed by atoms with Crippen molar-refractivity contribution in [3.8, 4) is 6.07 Å². The highest BCUT2D eigenvalue weighted by molar-refractivity contribution is 6.15. The number of benzene rings is 1. The van der Waals surface area contributed by atoms with E-state index in [0.29, 0.717) is 5.56 Å². The predicted molar refractivity (Wildman–Crippen MR) is 120 cm³/mol. The molecule has 2 amide bonds. The molecule has 2 heterocycles. The van der Waals surface area contributed by atoms with E-state index >= 15 is 0 Å². The summed E-state index contributed by atoms with van der Waals surface area (Å²) in [5, 5.41) is 21.2. The van der Waals surface area contributed by atoms with Crippen molar-refractivity contribution in [3.05, 3.63) is 35.4 Å². The maximum absolute atomic E-state index is 13.4. The molecule has 2 aliphatic rings. The maximum atomic E-state index is 13.4. The third kappa shape index (κ3) is 3.99. The molecule has 0 saturated carbocycles. The molecule has 0 saturated heterocycles. The highest BCUT2D eigenvalue weighted by Crippen LogP contribution is 2.46.